The van der Waals surface area contributed by atoms with Crippen LogP contribution >= 0.6 is 12.2 Å². The van der Waals surface area contributed by atoms with Gasteiger partial charge >= 0.3 is 0 Å². The van der Waals surface area contributed by atoms with Crippen molar-refractivity contribution in [2.24, 2.45) is 0 Å². The van der Waals surface area contributed by atoms with Gasteiger partial charge in [0.25, 0.3) is 5.56 Å². The summed E-state index contributed by atoms with van der Waals surface area (Å²) in [5.74, 6) is -0.497. The van der Waals surface area contributed by atoms with Crippen LogP contribution in [0.15, 0.2) is 17.1 Å². The molecule has 0 bridgehead atoms. The predicted octanol–water partition coefficient (Wildman–Crippen LogP) is 2.80. The van der Waals surface area contributed by atoms with Crippen LogP contribution in [0.3, 0.4) is 0 Å². The fourth-order valence-corrected chi connectivity index (χ4v) is 2.13. The topological polar surface area (TPSA) is 85.3 Å². The first-order valence-corrected chi connectivity index (χ1v) is 6.58. The second-order valence-corrected chi connectivity index (χ2v) is 5.98. The summed E-state index contributed by atoms with van der Waals surface area (Å²) in [6.07, 6.45) is 1.42. The Labute approximate surface area is 125 Å². The summed E-state index contributed by atoms with van der Waals surface area (Å²) in [5.41, 5.74) is -0.438. The van der Waals surface area contributed by atoms with Crippen LogP contribution in [0.4, 0.5) is 4.39 Å². The van der Waals surface area contributed by atoms with E-state index in [1.807, 2.05) is 20.8 Å². The Morgan fingerprint density at radius 3 is 2.57 bits per heavy atom. The molecule has 0 radical (unpaired) electrons. The zero-order valence-electron chi connectivity index (χ0n) is 11.7. The number of aromatic nitrogens is 3. The highest BCUT2D eigenvalue weighted by Gasteiger charge is 2.21. The van der Waals surface area contributed by atoms with E-state index in [2.05, 4.69) is 15.0 Å². The molecule has 0 aliphatic heterocycles. The van der Waals surface area contributed by atoms with Gasteiger partial charge in [-0.1, -0.05) is 20.8 Å². The number of aromatic amines is 2. The van der Waals surface area contributed by atoms with Crippen molar-refractivity contribution >= 4 is 12.2 Å². The van der Waals surface area contributed by atoms with Gasteiger partial charge in [-0.05, 0) is 18.3 Å². The number of rotatable bonds is 1. The molecule has 2 N–H and O–H groups in total. The Morgan fingerprint density at radius 1 is 1.38 bits per heavy atom. The van der Waals surface area contributed by atoms with Crippen LogP contribution in [0.5, 0.6) is 0 Å². The van der Waals surface area contributed by atoms with Gasteiger partial charge in [0.1, 0.15) is 17.4 Å². The number of hydrogen-bond acceptors (Lipinski definition) is 4. The van der Waals surface area contributed by atoms with E-state index in [4.69, 9.17) is 17.5 Å². The molecule has 5 nitrogen and oxygen atoms in total. The van der Waals surface area contributed by atoms with Gasteiger partial charge in [-0.15, -0.1) is 0 Å². The lowest BCUT2D eigenvalue weighted by Gasteiger charge is -2.18. The van der Waals surface area contributed by atoms with Crippen LogP contribution in [0, 0.1) is 21.9 Å². The molecule has 7 heteroatoms. The van der Waals surface area contributed by atoms with Gasteiger partial charge in [0.15, 0.2) is 4.77 Å². The maximum absolute atomic E-state index is 14.2. The highest BCUT2D eigenvalue weighted by atomic mass is 32.1. The molecule has 2 aromatic heterocycles. The van der Waals surface area contributed by atoms with Crippen molar-refractivity contribution in [2.75, 3.05) is 0 Å². The van der Waals surface area contributed by atoms with E-state index in [1.165, 1.54) is 12.3 Å². The van der Waals surface area contributed by atoms with Gasteiger partial charge in [-0.25, -0.2) is 4.39 Å². The van der Waals surface area contributed by atoms with Crippen molar-refractivity contribution in [3.05, 3.63) is 44.5 Å². The molecule has 0 aromatic carbocycles. The third-order valence-corrected chi connectivity index (χ3v) is 3.10. The van der Waals surface area contributed by atoms with Gasteiger partial charge in [0, 0.05) is 17.2 Å². The molecule has 21 heavy (non-hydrogen) atoms. The van der Waals surface area contributed by atoms with Crippen molar-refractivity contribution in [3.63, 3.8) is 0 Å². The fraction of sp³-hybridized carbons (Fsp3) is 0.286. The molecule has 0 spiro atoms. The van der Waals surface area contributed by atoms with Gasteiger partial charge in [0.2, 0.25) is 0 Å². The summed E-state index contributed by atoms with van der Waals surface area (Å²) in [4.78, 5) is 20.8. The summed E-state index contributed by atoms with van der Waals surface area (Å²) in [5, 5.41) is 9.07. The molecular weight excluding hydrogens is 291 g/mol. The Hall–Kier alpha value is -2.33. The number of halogens is 1. The number of nitriles is 1. The quantitative estimate of drug-likeness (QED) is 0.793. The summed E-state index contributed by atoms with van der Waals surface area (Å²) in [6, 6.07) is 3.03. The van der Waals surface area contributed by atoms with Crippen LogP contribution in [-0.4, -0.2) is 15.0 Å². The van der Waals surface area contributed by atoms with Crippen molar-refractivity contribution in [3.8, 4) is 17.3 Å². The predicted molar refractivity (Wildman–Crippen MR) is 78.9 cm³/mol. The van der Waals surface area contributed by atoms with Crippen molar-refractivity contribution in [1.82, 2.24) is 15.0 Å². The fourth-order valence-electron chi connectivity index (χ4n) is 1.94. The van der Waals surface area contributed by atoms with Crippen LogP contribution in [-0.2, 0) is 5.41 Å². The van der Waals surface area contributed by atoms with E-state index < -0.39 is 16.8 Å². The highest BCUT2D eigenvalue weighted by molar-refractivity contribution is 7.71. The molecule has 2 heterocycles. The first kappa shape index (κ1) is 15.1. The Morgan fingerprint density at radius 2 is 2.05 bits per heavy atom. The van der Waals surface area contributed by atoms with Crippen LogP contribution in [0.25, 0.3) is 11.3 Å². The second kappa shape index (κ2) is 5.22. The number of nitrogens with zero attached hydrogens (tertiary/aromatic N) is 2. The molecule has 0 unspecified atom stereocenters. The lowest BCUT2D eigenvalue weighted by molar-refractivity contribution is 0.503. The SMILES string of the molecule is CC(C)(C)c1ncc(-c2[nH]c(=S)[nH]c(=O)c2C#N)cc1F. The first-order valence-electron chi connectivity index (χ1n) is 6.17. The standard InChI is InChI=1S/C14H13FN4OS/c1-14(2,3)11-9(15)4-7(6-17-11)10-8(5-16)12(20)19-13(21)18-10/h4,6H,1-3H3,(H2,18,19,20,21). The number of nitrogens with one attached hydrogen (secondary N) is 2. The summed E-state index contributed by atoms with van der Waals surface area (Å²) in [7, 11) is 0. The van der Waals surface area contributed by atoms with E-state index >= 15 is 0 Å². The normalized spacial score (nSPS) is 11.2. The lowest BCUT2D eigenvalue weighted by Crippen LogP contribution is -2.17. The minimum absolute atomic E-state index is 0.0642. The van der Waals surface area contributed by atoms with Gasteiger partial charge in [-0.3, -0.25) is 14.8 Å². The Kier molecular flexibility index (Phi) is 3.75. The molecule has 0 aliphatic rings. The van der Waals surface area contributed by atoms with Gasteiger partial charge < -0.3 is 4.98 Å². The van der Waals surface area contributed by atoms with E-state index in [0.29, 0.717) is 11.3 Å². The third-order valence-electron chi connectivity index (χ3n) is 2.89. The maximum Gasteiger partial charge on any atom is 0.270 e. The molecule has 0 aliphatic carbocycles. The molecule has 2 rings (SSSR count). The van der Waals surface area contributed by atoms with Crippen LogP contribution in [0.2, 0.25) is 0 Å². The molecule has 0 atom stereocenters. The van der Waals surface area contributed by atoms with Gasteiger partial charge in [-0.2, -0.15) is 5.26 Å². The zero-order valence-corrected chi connectivity index (χ0v) is 12.6. The first-order chi connectivity index (χ1) is 9.74. The van der Waals surface area contributed by atoms with E-state index in [1.54, 1.807) is 6.07 Å². The van der Waals surface area contributed by atoms with Crippen molar-refractivity contribution in [2.45, 2.75) is 26.2 Å². The maximum atomic E-state index is 14.2. The molecule has 108 valence electrons. The minimum Gasteiger partial charge on any atom is -0.331 e. The summed E-state index contributed by atoms with van der Waals surface area (Å²) >= 11 is 4.88. The summed E-state index contributed by atoms with van der Waals surface area (Å²) in [6.45, 7) is 5.54. The monoisotopic (exact) mass is 304 g/mol. The molecule has 0 fully saturated rings. The molecule has 2 aromatic rings. The summed E-state index contributed by atoms with van der Waals surface area (Å²) < 4.78 is 14.3. The van der Waals surface area contributed by atoms with E-state index in [-0.39, 0.29) is 16.0 Å². The molecule has 0 saturated heterocycles. The third kappa shape index (κ3) is 2.90. The van der Waals surface area contributed by atoms with Crippen molar-refractivity contribution in [1.29, 1.82) is 5.26 Å². The van der Waals surface area contributed by atoms with Crippen LogP contribution < -0.4 is 5.56 Å². The average Bonchev–Trinajstić information content (AvgIpc) is 2.36. The zero-order chi connectivity index (χ0) is 15.8. The van der Waals surface area contributed by atoms with E-state index in [9.17, 15) is 9.18 Å². The van der Waals surface area contributed by atoms with E-state index in [0.717, 1.165) is 0 Å². The molecular formula is C14H13FN4OS. The Balaban J connectivity index is 2.70. The smallest absolute Gasteiger partial charge is 0.270 e. The molecule has 0 amide bonds. The molecule has 0 saturated carbocycles. The Bertz CT molecular complexity index is 855. The minimum atomic E-state index is -0.614. The number of pyridine rings is 1. The largest absolute Gasteiger partial charge is 0.331 e. The second-order valence-electron chi connectivity index (χ2n) is 5.57. The lowest BCUT2D eigenvalue weighted by atomic mass is 9.90. The number of hydrogen-bond donors (Lipinski definition) is 2. The van der Waals surface area contributed by atoms with Gasteiger partial charge in [0.05, 0.1) is 11.4 Å². The number of H-pyrrole nitrogens is 2. The van der Waals surface area contributed by atoms with Crippen molar-refractivity contribution < 1.29 is 4.39 Å². The average molecular weight is 304 g/mol. The highest BCUT2D eigenvalue weighted by Crippen LogP contribution is 2.26. The van der Waals surface area contributed by atoms with Crippen LogP contribution in [0.1, 0.15) is 32.0 Å².